The van der Waals surface area contributed by atoms with E-state index < -0.39 is 5.97 Å². The highest BCUT2D eigenvalue weighted by molar-refractivity contribution is 5.87. The van der Waals surface area contributed by atoms with Crippen molar-refractivity contribution in [3.05, 3.63) is 53.5 Å². The van der Waals surface area contributed by atoms with Gasteiger partial charge in [-0.25, -0.2) is 4.79 Å². The minimum atomic E-state index is -0.976. The summed E-state index contributed by atoms with van der Waals surface area (Å²) in [6.07, 6.45) is 2.14. The molecule has 5 nitrogen and oxygen atoms in total. The molecule has 1 aromatic carbocycles. The summed E-state index contributed by atoms with van der Waals surface area (Å²) in [4.78, 5) is 10.8. The molecule has 1 unspecified atom stereocenters. The van der Waals surface area contributed by atoms with E-state index >= 15 is 0 Å². The fourth-order valence-corrected chi connectivity index (χ4v) is 2.36. The van der Waals surface area contributed by atoms with Gasteiger partial charge in [-0.3, -0.25) is 0 Å². The van der Waals surface area contributed by atoms with Crippen molar-refractivity contribution in [2.24, 2.45) is 0 Å². The summed E-state index contributed by atoms with van der Waals surface area (Å²) < 4.78 is 10.8. The van der Waals surface area contributed by atoms with E-state index in [1.807, 2.05) is 24.3 Å². The van der Waals surface area contributed by atoms with Crippen LogP contribution < -0.4 is 10.1 Å². The topological polar surface area (TPSA) is 71.7 Å². The molecule has 1 atom stereocenters. The lowest BCUT2D eigenvalue weighted by Crippen LogP contribution is -2.26. The van der Waals surface area contributed by atoms with Gasteiger partial charge in [0.1, 0.15) is 17.8 Å². The molecular weight excluding hydrogens is 258 g/mol. The molecular formula is C15H15NO4. The molecule has 1 aromatic heterocycles. The van der Waals surface area contributed by atoms with Crippen molar-refractivity contribution in [2.45, 2.75) is 19.0 Å². The monoisotopic (exact) mass is 273 g/mol. The van der Waals surface area contributed by atoms with Crippen LogP contribution in [0.4, 0.5) is 0 Å². The van der Waals surface area contributed by atoms with Crippen LogP contribution >= 0.6 is 0 Å². The van der Waals surface area contributed by atoms with E-state index in [2.05, 4.69) is 5.32 Å². The summed E-state index contributed by atoms with van der Waals surface area (Å²) in [6, 6.07) is 9.67. The van der Waals surface area contributed by atoms with Crippen molar-refractivity contribution in [3.8, 4) is 5.75 Å². The molecule has 3 rings (SSSR count). The Morgan fingerprint density at radius 2 is 2.25 bits per heavy atom. The van der Waals surface area contributed by atoms with Gasteiger partial charge in [-0.15, -0.1) is 0 Å². The number of nitrogens with one attached hydrogen (secondary N) is 1. The van der Waals surface area contributed by atoms with Crippen LogP contribution in [0.3, 0.4) is 0 Å². The summed E-state index contributed by atoms with van der Waals surface area (Å²) >= 11 is 0. The maximum atomic E-state index is 10.8. The Kier molecular flexibility index (Phi) is 3.43. The summed E-state index contributed by atoms with van der Waals surface area (Å²) in [5.41, 5.74) is 1.30. The average molecular weight is 273 g/mol. The van der Waals surface area contributed by atoms with Crippen molar-refractivity contribution in [2.75, 3.05) is 6.61 Å². The second-order valence-corrected chi connectivity index (χ2v) is 4.72. The van der Waals surface area contributed by atoms with E-state index in [0.29, 0.717) is 18.9 Å². The first-order valence-electron chi connectivity index (χ1n) is 6.50. The van der Waals surface area contributed by atoms with Gasteiger partial charge in [0.25, 0.3) is 0 Å². The fraction of sp³-hybridized carbons (Fsp3) is 0.267. The van der Waals surface area contributed by atoms with Crippen molar-refractivity contribution in [1.29, 1.82) is 0 Å². The SMILES string of the molecule is O=C(O)c1coc(CNC2CCOc3ccccc32)c1. The van der Waals surface area contributed by atoms with E-state index in [-0.39, 0.29) is 11.6 Å². The molecule has 5 heteroatoms. The van der Waals surface area contributed by atoms with Crippen LogP contribution in [0, 0.1) is 0 Å². The van der Waals surface area contributed by atoms with Gasteiger partial charge >= 0.3 is 5.97 Å². The molecule has 1 aliphatic heterocycles. The molecule has 2 N–H and O–H groups in total. The third kappa shape index (κ3) is 2.53. The smallest absolute Gasteiger partial charge is 0.338 e. The number of rotatable bonds is 4. The van der Waals surface area contributed by atoms with Crippen LogP contribution in [0.5, 0.6) is 5.75 Å². The number of para-hydroxylation sites is 1. The van der Waals surface area contributed by atoms with E-state index in [1.165, 1.54) is 6.26 Å². The summed E-state index contributed by atoms with van der Waals surface area (Å²) in [6.45, 7) is 1.17. The van der Waals surface area contributed by atoms with Gasteiger partial charge in [0.05, 0.1) is 18.7 Å². The highest BCUT2D eigenvalue weighted by Crippen LogP contribution is 2.31. The fourth-order valence-electron chi connectivity index (χ4n) is 2.36. The van der Waals surface area contributed by atoms with Gasteiger partial charge in [-0.2, -0.15) is 0 Å². The average Bonchev–Trinajstić information content (AvgIpc) is 2.94. The van der Waals surface area contributed by atoms with Gasteiger partial charge in [0, 0.05) is 18.0 Å². The van der Waals surface area contributed by atoms with Crippen LogP contribution in [0.2, 0.25) is 0 Å². The number of carboxylic acids is 1. The molecule has 104 valence electrons. The largest absolute Gasteiger partial charge is 0.493 e. The molecule has 0 saturated carbocycles. The first-order chi connectivity index (χ1) is 9.74. The van der Waals surface area contributed by atoms with Gasteiger partial charge in [0.15, 0.2) is 0 Å². The van der Waals surface area contributed by atoms with Gasteiger partial charge in [0.2, 0.25) is 0 Å². The van der Waals surface area contributed by atoms with Crippen molar-refractivity contribution < 1.29 is 19.1 Å². The molecule has 2 heterocycles. The lowest BCUT2D eigenvalue weighted by Gasteiger charge is -2.26. The molecule has 0 spiro atoms. The van der Waals surface area contributed by atoms with Crippen LogP contribution in [-0.2, 0) is 6.54 Å². The van der Waals surface area contributed by atoms with Crippen LogP contribution in [0.1, 0.15) is 34.1 Å². The zero-order valence-electron chi connectivity index (χ0n) is 10.8. The molecule has 0 bridgehead atoms. The number of fused-ring (bicyclic) bond motifs is 1. The molecule has 0 radical (unpaired) electrons. The van der Waals surface area contributed by atoms with E-state index in [1.54, 1.807) is 6.07 Å². The van der Waals surface area contributed by atoms with Crippen LogP contribution in [0.25, 0.3) is 0 Å². The van der Waals surface area contributed by atoms with Crippen LogP contribution in [-0.4, -0.2) is 17.7 Å². The van der Waals surface area contributed by atoms with Crippen LogP contribution in [0.15, 0.2) is 41.0 Å². The number of benzene rings is 1. The Hall–Kier alpha value is -2.27. The number of hydrogen-bond donors (Lipinski definition) is 2. The zero-order valence-corrected chi connectivity index (χ0v) is 10.8. The lowest BCUT2D eigenvalue weighted by molar-refractivity contribution is 0.0696. The number of carboxylic acid groups (broad SMARTS) is 1. The molecule has 20 heavy (non-hydrogen) atoms. The zero-order chi connectivity index (χ0) is 13.9. The number of hydrogen-bond acceptors (Lipinski definition) is 4. The minimum Gasteiger partial charge on any atom is -0.493 e. The quantitative estimate of drug-likeness (QED) is 0.895. The molecule has 2 aromatic rings. The summed E-state index contributed by atoms with van der Waals surface area (Å²) in [7, 11) is 0. The second-order valence-electron chi connectivity index (χ2n) is 4.72. The number of ether oxygens (including phenoxy) is 1. The third-order valence-corrected chi connectivity index (χ3v) is 3.38. The predicted molar refractivity (Wildman–Crippen MR) is 71.8 cm³/mol. The first-order valence-corrected chi connectivity index (χ1v) is 6.50. The van der Waals surface area contributed by atoms with E-state index in [4.69, 9.17) is 14.3 Å². The highest BCUT2D eigenvalue weighted by atomic mass is 16.5. The molecule has 0 aliphatic carbocycles. The maximum Gasteiger partial charge on any atom is 0.338 e. The maximum absolute atomic E-state index is 10.8. The summed E-state index contributed by atoms with van der Waals surface area (Å²) in [5, 5.41) is 12.2. The summed E-state index contributed by atoms with van der Waals surface area (Å²) in [5.74, 6) is 0.546. The third-order valence-electron chi connectivity index (χ3n) is 3.38. The van der Waals surface area contributed by atoms with E-state index in [9.17, 15) is 4.79 Å². The Labute approximate surface area is 116 Å². The van der Waals surface area contributed by atoms with Crippen molar-refractivity contribution in [1.82, 2.24) is 5.32 Å². The van der Waals surface area contributed by atoms with Gasteiger partial charge in [-0.05, 0) is 12.1 Å². The molecule has 1 aliphatic rings. The highest BCUT2D eigenvalue weighted by Gasteiger charge is 2.20. The van der Waals surface area contributed by atoms with Gasteiger partial charge < -0.3 is 19.6 Å². The molecule has 0 saturated heterocycles. The second kappa shape index (κ2) is 5.38. The number of carbonyl (C=O) groups is 1. The minimum absolute atomic E-state index is 0.175. The van der Waals surface area contributed by atoms with E-state index in [0.717, 1.165) is 17.7 Å². The Balaban J connectivity index is 1.68. The number of furan rings is 1. The molecule has 0 amide bonds. The first kappa shape index (κ1) is 12.7. The Bertz CT molecular complexity index is 620. The Morgan fingerprint density at radius 1 is 1.40 bits per heavy atom. The Morgan fingerprint density at radius 3 is 3.05 bits per heavy atom. The van der Waals surface area contributed by atoms with Crippen molar-refractivity contribution >= 4 is 5.97 Å². The lowest BCUT2D eigenvalue weighted by atomic mass is 10.0. The van der Waals surface area contributed by atoms with Gasteiger partial charge in [-0.1, -0.05) is 18.2 Å². The molecule has 0 fully saturated rings. The van der Waals surface area contributed by atoms with Crippen molar-refractivity contribution in [3.63, 3.8) is 0 Å². The standard InChI is InChI=1S/C15H15NO4/c17-15(18)10-7-11(20-9-10)8-16-13-5-6-19-14-4-2-1-3-12(13)14/h1-4,7,9,13,16H,5-6,8H2,(H,17,18). The normalized spacial score (nSPS) is 17.3. The number of aromatic carboxylic acids is 1. The predicted octanol–water partition coefficient (Wildman–Crippen LogP) is 2.59.